The molecule has 12 rings (SSSR count). The molecule has 0 amide bonds. The second-order valence-electron chi connectivity index (χ2n) is 21.3. The van der Waals surface area contributed by atoms with Crippen molar-refractivity contribution in [1.29, 1.82) is 0 Å². The molecule has 1 N–H and O–H groups in total. The number of pyridine rings is 2. The van der Waals surface area contributed by atoms with E-state index in [-0.39, 0.29) is 92.9 Å². The first-order valence-corrected chi connectivity index (χ1v) is 25.9. The largest absolute Gasteiger partial charge is 0.508 e. The molecular weight excluding hydrogens is 995 g/mol. The lowest BCUT2D eigenvalue weighted by Crippen LogP contribution is -2.43. The molecule has 0 saturated carbocycles. The molecule has 4 aromatic carbocycles. The highest BCUT2D eigenvalue weighted by atomic mass is 19.2. The van der Waals surface area contributed by atoms with Crippen LogP contribution in [0.1, 0.15) is 101 Å². The van der Waals surface area contributed by atoms with Crippen molar-refractivity contribution in [3.05, 3.63) is 113 Å². The number of phenolic OH excluding ortho intramolecular Hbond substituents is 1. The van der Waals surface area contributed by atoms with Crippen LogP contribution in [-0.4, -0.2) is 108 Å². The van der Waals surface area contributed by atoms with Gasteiger partial charge in [-0.25, -0.2) is 26.3 Å². The van der Waals surface area contributed by atoms with Crippen LogP contribution >= 0.6 is 0 Å². The Morgan fingerprint density at radius 2 is 1.13 bits per heavy atom. The van der Waals surface area contributed by atoms with Crippen LogP contribution in [-0.2, 0) is 0 Å². The molecule has 4 aliphatic rings. The van der Waals surface area contributed by atoms with Crippen LogP contribution in [0.15, 0.2) is 67.0 Å². The second kappa shape index (κ2) is 20.1. The molecule has 4 fully saturated rings. The van der Waals surface area contributed by atoms with Crippen molar-refractivity contribution in [1.82, 2.24) is 39.7 Å². The van der Waals surface area contributed by atoms with Crippen LogP contribution in [0.25, 0.3) is 65.9 Å². The molecule has 77 heavy (non-hydrogen) atoms. The van der Waals surface area contributed by atoms with E-state index in [4.69, 9.17) is 22.3 Å². The van der Waals surface area contributed by atoms with Gasteiger partial charge in [-0.15, -0.1) is 12.8 Å². The van der Waals surface area contributed by atoms with Crippen LogP contribution < -0.4 is 9.47 Å². The Balaban J connectivity index is 0.000000164. The normalized spacial score (nSPS) is 21.2. The summed E-state index contributed by atoms with van der Waals surface area (Å²) >= 11 is 0. The number of aromatic hydroxyl groups is 1. The van der Waals surface area contributed by atoms with Gasteiger partial charge in [0.05, 0.1) is 33.6 Å². The van der Waals surface area contributed by atoms with E-state index in [1.165, 1.54) is 36.5 Å². The highest BCUT2D eigenvalue weighted by molar-refractivity contribution is 6.03. The van der Waals surface area contributed by atoms with Crippen LogP contribution in [0.2, 0.25) is 0 Å². The summed E-state index contributed by atoms with van der Waals surface area (Å²) in [6, 6.07) is 13.6. The number of ether oxygens (including phenoxy) is 2. The fourth-order valence-electron chi connectivity index (χ4n) is 12.2. The molecule has 0 radical (unpaired) electrons. The zero-order chi connectivity index (χ0) is 54.1. The molecule has 4 aliphatic heterocycles. The van der Waals surface area contributed by atoms with Crippen molar-refractivity contribution in [2.75, 3.05) is 39.4 Å². The van der Waals surface area contributed by atoms with E-state index in [1.807, 2.05) is 27.7 Å². The first kappa shape index (κ1) is 51.5. The van der Waals surface area contributed by atoms with Crippen molar-refractivity contribution in [2.45, 2.75) is 101 Å². The predicted molar refractivity (Wildman–Crippen MR) is 283 cm³/mol. The van der Waals surface area contributed by atoms with Gasteiger partial charge in [0.2, 0.25) is 0 Å². The van der Waals surface area contributed by atoms with Gasteiger partial charge in [0, 0.05) is 71.0 Å². The number of halogens is 6. The van der Waals surface area contributed by atoms with E-state index >= 15 is 8.78 Å². The Bertz CT molecular complexity index is 3770. The smallest absolute Gasteiger partial charge is 0.317 e. The lowest BCUT2D eigenvalue weighted by atomic mass is 9.95. The van der Waals surface area contributed by atoms with Gasteiger partial charge in [0.15, 0.2) is 11.6 Å². The van der Waals surface area contributed by atoms with E-state index in [0.717, 1.165) is 38.8 Å². The summed E-state index contributed by atoms with van der Waals surface area (Å²) in [7, 11) is 0. The van der Waals surface area contributed by atoms with E-state index in [2.05, 4.69) is 51.5 Å². The third-order valence-electron chi connectivity index (χ3n) is 15.8. The number of nitrogens with zero attached hydrogens (tertiary/aromatic N) is 8. The fourth-order valence-corrected chi connectivity index (χ4v) is 12.2. The zero-order valence-corrected chi connectivity index (χ0v) is 42.9. The van der Waals surface area contributed by atoms with Gasteiger partial charge in [-0.05, 0) is 85.6 Å². The van der Waals surface area contributed by atoms with Crippen molar-refractivity contribution < 1.29 is 40.9 Å². The molecule has 8 aromatic rings. The number of terminal acetylenes is 2. The Labute approximate surface area is 441 Å². The van der Waals surface area contributed by atoms with Crippen molar-refractivity contribution in [2.24, 2.45) is 0 Å². The van der Waals surface area contributed by atoms with Crippen molar-refractivity contribution in [3.8, 4) is 65.0 Å². The molecule has 394 valence electrons. The summed E-state index contributed by atoms with van der Waals surface area (Å²) in [5.74, 6) is 1.80. The molecule has 0 bridgehead atoms. The lowest BCUT2D eigenvalue weighted by molar-refractivity contribution is 0.107. The Morgan fingerprint density at radius 1 is 0.649 bits per heavy atom. The molecule has 0 spiro atoms. The van der Waals surface area contributed by atoms with Crippen LogP contribution in [0.4, 0.5) is 26.3 Å². The monoisotopic (exact) mass is 1050 g/mol. The fraction of sp³-hybridized carbons (Fsp3) is 0.367. The Morgan fingerprint density at radius 3 is 1.62 bits per heavy atom. The highest BCUT2D eigenvalue weighted by Crippen LogP contribution is 2.44. The number of benzene rings is 4. The molecular formula is C60H54F6N8O3. The second-order valence-corrected chi connectivity index (χ2v) is 21.3. The molecule has 4 saturated heterocycles. The minimum atomic E-state index is -0.904. The standard InChI is InChI=1S/C30H27F3N4O2.C30H27F3N4O/c1-4-20-23(32)7-6-17-10-19(38)11-21(24(17)20)27-25(33)28-22(13-34-27)26(16(2)3)35-29(36-28)39-15-30-8-5-9-37(30)14-18(31)12-30;1-4-20-23(32)10-9-18-7-5-8-21(24(18)20)27-25(33)28-22(14-34-27)26(17(2)3)35-29(36-28)38-16-30-11-6-12-37(30)15-19(31)13-30/h1,6-7,10-11,13,16,18,38H,5,8-9,12,14-15H2,2-3H3;1,5,7-10,14,17,19H,6,11-13,15-16H2,2-3H3. The summed E-state index contributed by atoms with van der Waals surface area (Å²) < 4.78 is 102. The summed E-state index contributed by atoms with van der Waals surface area (Å²) in [4.78, 5) is 31.1. The maximum Gasteiger partial charge on any atom is 0.317 e. The van der Waals surface area contributed by atoms with E-state index in [0.29, 0.717) is 69.8 Å². The van der Waals surface area contributed by atoms with Gasteiger partial charge in [0.1, 0.15) is 65.4 Å². The zero-order valence-electron chi connectivity index (χ0n) is 42.9. The van der Waals surface area contributed by atoms with Crippen LogP contribution in [0.3, 0.4) is 0 Å². The highest BCUT2D eigenvalue weighted by Gasteiger charge is 2.50. The number of alkyl halides is 2. The van der Waals surface area contributed by atoms with Gasteiger partial charge < -0.3 is 14.6 Å². The summed E-state index contributed by atoms with van der Waals surface area (Å²) in [5, 5.41) is 13.0. The summed E-state index contributed by atoms with van der Waals surface area (Å²) in [5.41, 5.74) is 0.818. The van der Waals surface area contributed by atoms with Crippen LogP contribution in [0, 0.1) is 48.0 Å². The van der Waals surface area contributed by atoms with Gasteiger partial charge in [-0.3, -0.25) is 19.8 Å². The topological polar surface area (TPSA) is 123 Å². The number of phenols is 1. The maximum absolute atomic E-state index is 16.3. The van der Waals surface area contributed by atoms with E-state index < -0.39 is 41.2 Å². The van der Waals surface area contributed by atoms with Crippen molar-refractivity contribution >= 4 is 43.4 Å². The third-order valence-corrected chi connectivity index (χ3v) is 15.8. The van der Waals surface area contributed by atoms with E-state index in [9.17, 15) is 22.7 Å². The van der Waals surface area contributed by atoms with Gasteiger partial charge >= 0.3 is 12.0 Å². The van der Waals surface area contributed by atoms with E-state index in [1.54, 1.807) is 30.5 Å². The minimum absolute atomic E-state index is 0.00177. The Hall–Kier alpha value is -7.60. The number of rotatable bonds is 10. The molecule has 4 atom stereocenters. The predicted octanol–water partition coefficient (Wildman–Crippen LogP) is 12.1. The molecule has 0 aliphatic carbocycles. The third kappa shape index (κ3) is 9.06. The van der Waals surface area contributed by atoms with Gasteiger partial charge in [-0.2, -0.15) is 19.9 Å². The van der Waals surface area contributed by atoms with Gasteiger partial charge in [0.25, 0.3) is 0 Å². The lowest BCUT2D eigenvalue weighted by Gasteiger charge is -2.30. The quantitative estimate of drug-likeness (QED) is 0.104. The van der Waals surface area contributed by atoms with Crippen LogP contribution in [0.5, 0.6) is 17.8 Å². The minimum Gasteiger partial charge on any atom is -0.508 e. The average molecular weight is 1050 g/mol. The van der Waals surface area contributed by atoms with Crippen molar-refractivity contribution in [3.63, 3.8) is 0 Å². The molecule has 8 heterocycles. The molecule has 11 nitrogen and oxygen atoms in total. The first-order chi connectivity index (χ1) is 37.0. The van der Waals surface area contributed by atoms with Gasteiger partial charge in [-0.1, -0.05) is 69.9 Å². The number of fused-ring (bicyclic) bond motifs is 6. The number of aromatic nitrogens is 6. The Kier molecular flexibility index (Phi) is 13.4. The SMILES string of the molecule is C#Cc1c(F)ccc2cc(O)cc(-c3ncc4c(C(C)C)nc(OCC56CCCN5CC(F)C6)nc4c3F)c12.C#Cc1c(F)ccc2cccc(-c3ncc4c(C(C)C)nc(OCC56CCCN5CC(F)C6)nc4c3F)c12. The molecule has 4 aromatic heterocycles. The molecule has 4 unspecified atom stereocenters. The molecule has 17 heteroatoms. The average Bonchev–Trinajstić information content (AvgIpc) is 4.25. The summed E-state index contributed by atoms with van der Waals surface area (Å²) in [6.07, 6.45) is 16.9. The number of hydrogen-bond acceptors (Lipinski definition) is 11. The maximum atomic E-state index is 16.3. The summed E-state index contributed by atoms with van der Waals surface area (Å²) in [6.45, 7) is 10.7. The first-order valence-electron chi connectivity index (χ1n) is 25.9. The number of hydrogen-bond donors (Lipinski definition) is 1.